The number of nitriles is 1. The van der Waals surface area contributed by atoms with E-state index in [4.69, 9.17) is 5.26 Å². The van der Waals surface area contributed by atoms with Crippen molar-refractivity contribution in [2.45, 2.75) is 92.0 Å². The van der Waals surface area contributed by atoms with Gasteiger partial charge in [-0.3, -0.25) is 4.68 Å². The molecule has 170 valence electrons. The van der Waals surface area contributed by atoms with Crippen molar-refractivity contribution in [2.75, 3.05) is 0 Å². The van der Waals surface area contributed by atoms with Gasteiger partial charge >= 0.3 is 0 Å². The summed E-state index contributed by atoms with van der Waals surface area (Å²) < 4.78 is 2.03. The van der Waals surface area contributed by atoms with Crippen LogP contribution in [0.25, 0.3) is 0 Å². The lowest BCUT2D eigenvalue weighted by molar-refractivity contribution is -0.141. The first kappa shape index (κ1) is 21.5. The highest BCUT2D eigenvalue weighted by atomic mass is 15.3. The fraction of sp³-hybridized carbons (Fsp3) is 0.857. The fourth-order valence-electron chi connectivity index (χ4n) is 9.70. The number of aromatic nitrogens is 2. The molecule has 0 saturated heterocycles. The molecular formula is C28H43N3. The van der Waals surface area contributed by atoms with Crippen molar-refractivity contribution >= 4 is 0 Å². The second-order valence-corrected chi connectivity index (χ2v) is 12.5. The van der Waals surface area contributed by atoms with Gasteiger partial charge in [0.25, 0.3) is 0 Å². The SMILES string of the molecule is C[C@H]1CC[C@H]2C(CC[C@@H]3C2CC[C@@]2(C)C3[C@H](C)CC[C@@H]2[C@@H](C)Cn2cc(C#N)cn2)C1. The lowest BCUT2D eigenvalue weighted by Gasteiger charge is -2.63. The summed E-state index contributed by atoms with van der Waals surface area (Å²) in [6.07, 6.45) is 16.9. The van der Waals surface area contributed by atoms with Crippen LogP contribution in [-0.2, 0) is 6.54 Å². The zero-order valence-corrected chi connectivity index (χ0v) is 20.3. The maximum Gasteiger partial charge on any atom is 0.102 e. The number of hydrogen-bond acceptors (Lipinski definition) is 2. The molecule has 5 rings (SSSR count). The maximum absolute atomic E-state index is 9.16. The Hall–Kier alpha value is -1.30. The molecule has 3 heteroatoms. The van der Waals surface area contributed by atoms with Crippen LogP contribution in [0.4, 0.5) is 0 Å². The van der Waals surface area contributed by atoms with Gasteiger partial charge in [-0.2, -0.15) is 10.4 Å². The summed E-state index contributed by atoms with van der Waals surface area (Å²) in [5.41, 5.74) is 1.17. The molecule has 1 aromatic rings. The number of rotatable bonds is 3. The van der Waals surface area contributed by atoms with Crippen molar-refractivity contribution in [1.82, 2.24) is 9.78 Å². The van der Waals surface area contributed by atoms with Crippen LogP contribution < -0.4 is 0 Å². The van der Waals surface area contributed by atoms with Crippen molar-refractivity contribution in [3.8, 4) is 6.07 Å². The molecule has 3 nitrogen and oxygen atoms in total. The van der Waals surface area contributed by atoms with E-state index in [0.717, 1.165) is 53.9 Å². The molecule has 0 aromatic carbocycles. The first-order chi connectivity index (χ1) is 14.9. The van der Waals surface area contributed by atoms with Crippen molar-refractivity contribution in [3.63, 3.8) is 0 Å². The quantitative estimate of drug-likeness (QED) is 0.531. The third-order valence-corrected chi connectivity index (χ3v) is 10.8. The van der Waals surface area contributed by atoms with Crippen LogP contribution in [0.5, 0.6) is 0 Å². The summed E-state index contributed by atoms with van der Waals surface area (Å²) in [6.45, 7) is 11.2. The predicted octanol–water partition coefficient (Wildman–Crippen LogP) is 6.93. The summed E-state index contributed by atoms with van der Waals surface area (Å²) in [4.78, 5) is 0. The standard InChI is InChI=1S/C28H43N3/c1-18-5-8-23-22(13-18)7-9-25-24(23)11-12-28(4)26(10-6-19(2)27(25)28)20(3)16-31-17-21(14-29)15-30-31/h15,17-20,22-27H,5-13,16H2,1-4H3/t18-,19+,20-,22?,23-,24?,25+,26+,27?,28+/m0/s1. The lowest BCUT2D eigenvalue weighted by Crippen LogP contribution is -2.56. The molecule has 1 aromatic heterocycles. The summed E-state index contributed by atoms with van der Waals surface area (Å²) in [6, 6.07) is 2.23. The van der Waals surface area contributed by atoms with E-state index >= 15 is 0 Å². The molecular weight excluding hydrogens is 378 g/mol. The van der Waals surface area contributed by atoms with Gasteiger partial charge in [0, 0.05) is 12.7 Å². The van der Waals surface area contributed by atoms with Gasteiger partial charge in [-0.15, -0.1) is 0 Å². The van der Waals surface area contributed by atoms with Crippen LogP contribution in [0.15, 0.2) is 12.4 Å². The van der Waals surface area contributed by atoms with Gasteiger partial charge in [0.15, 0.2) is 0 Å². The molecule has 0 N–H and O–H groups in total. The first-order valence-electron chi connectivity index (χ1n) is 13.3. The largest absolute Gasteiger partial charge is 0.271 e. The monoisotopic (exact) mass is 421 g/mol. The predicted molar refractivity (Wildman–Crippen MR) is 125 cm³/mol. The Kier molecular flexibility index (Phi) is 5.72. The highest BCUT2D eigenvalue weighted by molar-refractivity contribution is 5.21. The molecule has 0 spiro atoms. The van der Waals surface area contributed by atoms with Crippen molar-refractivity contribution in [3.05, 3.63) is 18.0 Å². The maximum atomic E-state index is 9.16. The van der Waals surface area contributed by atoms with Crippen LogP contribution in [-0.4, -0.2) is 9.78 Å². The molecule has 31 heavy (non-hydrogen) atoms. The molecule has 4 fully saturated rings. The molecule has 3 unspecified atom stereocenters. The average molecular weight is 422 g/mol. The third kappa shape index (κ3) is 3.67. The molecule has 0 bridgehead atoms. The smallest absolute Gasteiger partial charge is 0.102 e. The van der Waals surface area contributed by atoms with Crippen LogP contribution in [0.2, 0.25) is 0 Å². The van der Waals surface area contributed by atoms with E-state index < -0.39 is 0 Å². The molecule has 10 atom stereocenters. The van der Waals surface area contributed by atoms with Gasteiger partial charge in [0.2, 0.25) is 0 Å². The normalized spacial score (nSPS) is 45.6. The minimum absolute atomic E-state index is 0.484. The van der Waals surface area contributed by atoms with Gasteiger partial charge in [-0.1, -0.05) is 40.5 Å². The van der Waals surface area contributed by atoms with E-state index in [9.17, 15) is 0 Å². The highest BCUT2D eigenvalue weighted by Gasteiger charge is 2.57. The fourth-order valence-corrected chi connectivity index (χ4v) is 9.70. The van der Waals surface area contributed by atoms with Gasteiger partial charge in [0.1, 0.15) is 6.07 Å². The topological polar surface area (TPSA) is 41.6 Å². The zero-order chi connectivity index (χ0) is 21.8. The zero-order valence-electron chi connectivity index (χ0n) is 20.3. The van der Waals surface area contributed by atoms with E-state index in [0.29, 0.717) is 16.9 Å². The third-order valence-electron chi connectivity index (χ3n) is 10.8. The molecule has 4 aliphatic rings. The van der Waals surface area contributed by atoms with E-state index in [-0.39, 0.29) is 0 Å². The van der Waals surface area contributed by atoms with Crippen molar-refractivity contribution < 1.29 is 0 Å². The minimum Gasteiger partial charge on any atom is -0.271 e. The number of nitrogens with zero attached hydrogens (tertiary/aromatic N) is 3. The molecule has 0 amide bonds. The van der Waals surface area contributed by atoms with Crippen LogP contribution in [0.1, 0.15) is 91.0 Å². The Labute approximate surface area is 190 Å². The summed E-state index contributed by atoms with van der Waals surface area (Å²) in [5.74, 6) is 8.25. The summed E-state index contributed by atoms with van der Waals surface area (Å²) in [7, 11) is 0. The van der Waals surface area contributed by atoms with Gasteiger partial charge in [0.05, 0.1) is 11.8 Å². The Balaban J connectivity index is 1.36. The van der Waals surface area contributed by atoms with E-state index in [1.807, 2.05) is 10.9 Å². The summed E-state index contributed by atoms with van der Waals surface area (Å²) >= 11 is 0. The first-order valence-corrected chi connectivity index (χ1v) is 13.3. The highest BCUT2D eigenvalue weighted by Crippen LogP contribution is 2.65. The minimum atomic E-state index is 0.484. The van der Waals surface area contributed by atoms with E-state index in [1.54, 1.807) is 6.20 Å². The number of hydrogen-bond donors (Lipinski definition) is 0. The van der Waals surface area contributed by atoms with E-state index in [1.165, 1.54) is 57.8 Å². The molecule has 1 heterocycles. The van der Waals surface area contributed by atoms with Crippen molar-refractivity contribution in [1.29, 1.82) is 5.26 Å². The van der Waals surface area contributed by atoms with E-state index in [2.05, 4.69) is 38.9 Å². The Bertz CT molecular complexity index is 820. The summed E-state index contributed by atoms with van der Waals surface area (Å²) in [5, 5.41) is 13.6. The number of fused-ring (bicyclic) bond motifs is 5. The second kappa shape index (κ2) is 8.24. The molecule has 0 radical (unpaired) electrons. The Morgan fingerprint density at radius 1 is 1.10 bits per heavy atom. The van der Waals surface area contributed by atoms with Crippen LogP contribution in [0, 0.1) is 70.0 Å². The molecule has 0 aliphatic heterocycles. The van der Waals surface area contributed by atoms with Crippen LogP contribution in [0.3, 0.4) is 0 Å². The molecule has 4 aliphatic carbocycles. The lowest BCUT2D eigenvalue weighted by atomic mass is 9.42. The average Bonchev–Trinajstić information content (AvgIpc) is 3.20. The molecule has 4 saturated carbocycles. The second-order valence-electron chi connectivity index (χ2n) is 12.5. The van der Waals surface area contributed by atoms with Gasteiger partial charge in [-0.05, 0) is 104 Å². The van der Waals surface area contributed by atoms with Crippen molar-refractivity contribution in [2.24, 2.45) is 58.7 Å². The van der Waals surface area contributed by atoms with Crippen LogP contribution >= 0.6 is 0 Å². The van der Waals surface area contributed by atoms with Gasteiger partial charge in [-0.25, -0.2) is 0 Å². The Morgan fingerprint density at radius 2 is 1.90 bits per heavy atom. The van der Waals surface area contributed by atoms with Gasteiger partial charge < -0.3 is 0 Å². The Morgan fingerprint density at radius 3 is 2.68 bits per heavy atom.